The van der Waals surface area contributed by atoms with Gasteiger partial charge in [0.15, 0.2) is 0 Å². The van der Waals surface area contributed by atoms with E-state index in [1.807, 2.05) is 0 Å². The molecule has 0 rings (SSSR count). The average molecular weight is 160 g/mol. The molecule has 0 saturated heterocycles. The second-order valence-corrected chi connectivity index (χ2v) is 4.43. The molecule has 0 heterocycles. The van der Waals surface area contributed by atoms with Crippen molar-refractivity contribution in [3.8, 4) is 0 Å². The lowest BCUT2D eigenvalue weighted by Gasteiger charge is -2.15. The van der Waals surface area contributed by atoms with Crippen LogP contribution in [0.1, 0.15) is 40.0 Å². The topological polar surface area (TPSA) is 9.23 Å². The van der Waals surface area contributed by atoms with Crippen molar-refractivity contribution in [2.75, 3.05) is 0 Å². The van der Waals surface area contributed by atoms with Gasteiger partial charge in [0.25, 0.3) is 0 Å². The molecular weight excluding hydrogens is 140 g/mol. The van der Waals surface area contributed by atoms with E-state index in [0.717, 1.165) is 0 Å². The summed E-state index contributed by atoms with van der Waals surface area (Å²) in [5.74, 6) is 0. The van der Waals surface area contributed by atoms with Crippen LogP contribution in [0, 0.1) is 0 Å². The number of unbranched alkanes of at least 4 members (excludes halogenated alkanes) is 1. The molecule has 0 aliphatic heterocycles. The third-order valence-electron chi connectivity index (χ3n) is 1.47. The molecule has 0 fully saturated rings. The standard InChI is InChI=1S/C8H20OSi/c1-4-5-6-8(10)9-7(2)3/h7-8H,4-6H2,1-3,10H3. The van der Waals surface area contributed by atoms with Gasteiger partial charge in [-0.2, -0.15) is 0 Å². The van der Waals surface area contributed by atoms with Gasteiger partial charge < -0.3 is 4.74 Å². The minimum absolute atomic E-state index is 0.416. The summed E-state index contributed by atoms with van der Waals surface area (Å²) in [7, 11) is 1.18. The van der Waals surface area contributed by atoms with E-state index < -0.39 is 0 Å². The third-order valence-corrected chi connectivity index (χ3v) is 2.32. The van der Waals surface area contributed by atoms with Gasteiger partial charge >= 0.3 is 0 Å². The molecule has 0 aliphatic rings. The first kappa shape index (κ1) is 10.2. The second kappa shape index (κ2) is 5.92. The van der Waals surface area contributed by atoms with Crippen LogP contribution >= 0.6 is 0 Å². The van der Waals surface area contributed by atoms with Crippen molar-refractivity contribution >= 4 is 10.2 Å². The van der Waals surface area contributed by atoms with Gasteiger partial charge in [-0.15, -0.1) is 0 Å². The Bertz CT molecular complexity index is 73.7. The molecule has 1 atom stereocenters. The molecule has 0 aromatic carbocycles. The molecule has 1 nitrogen and oxygen atoms in total. The molecule has 1 unspecified atom stereocenters. The Balaban J connectivity index is 3.16. The van der Waals surface area contributed by atoms with Gasteiger partial charge in [0.05, 0.1) is 6.10 Å². The van der Waals surface area contributed by atoms with Crippen LogP contribution in [0.5, 0.6) is 0 Å². The Morgan fingerprint density at radius 3 is 2.40 bits per heavy atom. The van der Waals surface area contributed by atoms with Gasteiger partial charge in [0, 0.05) is 16.0 Å². The van der Waals surface area contributed by atoms with Crippen LogP contribution in [0.3, 0.4) is 0 Å². The van der Waals surface area contributed by atoms with Gasteiger partial charge in [-0.25, -0.2) is 0 Å². The Morgan fingerprint density at radius 2 is 2.00 bits per heavy atom. The minimum atomic E-state index is 0.416. The summed E-state index contributed by atoms with van der Waals surface area (Å²) in [4.78, 5) is 0. The summed E-state index contributed by atoms with van der Waals surface area (Å²) < 4.78 is 5.61. The molecule has 0 aromatic rings. The van der Waals surface area contributed by atoms with E-state index in [4.69, 9.17) is 4.74 Å². The Labute approximate surface area is 67.6 Å². The van der Waals surface area contributed by atoms with Gasteiger partial charge in [-0.3, -0.25) is 0 Å². The Hall–Kier alpha value is 0.177. The predicted octanol–water partition coefficient (Wildman–Crippen LogP) is 1.29. The molecule has 10 heavy (non-hydrogen) atoms. The van der Waals surface area contributed by atoms with E-state index in [-0.39, 0.29) is 0 Å². The molecule has 0 bridgehead atoms. The van der Waals surface area contributed by atoms with Crippen LogP contribution < -0.4 is 0 Å². The van der Waals surface area contributed by atoms with Crippen LogP contribution in [0.15, 0.2) is 0 Å². The number of hydrogen-bond acceptors (Lipinski definition) is 1. The van der Waals surface area contributed by atoms with E-state index in [2.05, 4.69) is 20.8 Å². The largest absolute Gasteiger partial charge is 0.380 e. The summed E-state index contributed by atoms with van der Waals surface area (Å²) in [5.41, 5.74) is 0.583. The van der Waals surface area contributed by atoms with Crippen LogP contribution in [0.4, 0.5) is 0 Å². The van der Waals surface area contributed by atoms with E-state index in [1.165, 1.54) is 29.5 Å². The lowest BCUT2D eigenvalue weighted by Crippen LogP contribution is -2.17. The van der Waals surface area contributed by atoms with Crippen molar-refractivity contribution in [2.24, 2.45) is 0 Å². The number of rotatable bonds is 5. The maximum atomic E-state index is 5.61. The van der Waals surface area contributed by atoms with E-state index >= 15 is 0 Å². The van der Waals surface area contributed by atoms with Gasteiger partial charge in [0.1, 0.15) is 0 Å². The first-order chi connectivity index (χ1) is 4.66. The number of hydrogen-bond donors (Lipinski definition) is 0. The molecule has 0 spiro atoms. The summed E-state index contributed by atoms with van der Waals surface area (Å²) in [6, 6.07) is 0. The van der Waals surface area contributed by atoms with Crippen LogP contribution in [-0.2, 0) is 4.74 Å². The molecular formula is C8H20OSi. The quantitative estimate of drug-likeness (QED) is 0.551. The molecule has 2 heteroatoms. The van der Waals surface area contributed by atoms with Crippen molar-refractivity contribution in [3.63, 3.8) is 0 Å². The van der Waals surface area contributed by atoms with Crippen molar-refractivity contribution in [2.45, 2.75) is 51.9 Å². The zero-order valence-electron chi connectivity index (χ0n) is 7.68. The summed E-state index contributed by atoms with van der Waals surface area (Å²) in [5, 5.41) is 0. The second-order valence-electron chi connectivity index (χ2n) is 3.14. The highest BCUT2D eigenvalue weighted by Gasteiger charge is 2.02. The van der Waals surface area contributed by atoms with Gasteiger partial charge in [-0.05, 0) is 20.3 Å². The smallest absolute Gasteiger partial charge is 0.0517 e. The van der Waals surface area contributed by atoms with E-state index in [1.54, 1.807) is 0 Å². The van der Waals surface area contributed by atoms with E-state index in [9.17, 15) is 0 Å². The minimum Gasteiger partial charge on any atom is -0.380 e. The fraction of sp³-hybridized carbons (Fsp3) is 1.00. The summed E-state index contributed by atoms with van der Waals surface area (Å²) in [6.07, 6.45) is 4.29. The highest BCUT2D eigenvalue weighted by Crippen LogP contribution is 2.03. The Kier molecular flexibility index (Phi) is 6.03. The van der Waals surface area contributed by atoms with Gasteiger partial charge in [0.2, 0.25) is 0 Å². The first-order valence-corrected chi connectivity index (χ1v) is 5.47. The summed E-state index contributed by atoms with van der Waals surface area (Å²) >= 11 is 0. The molecule has 0 radical (unpaired) electrons. The predicted molar refractivity (Wildman–Crippen MR) is 49.5 cm³/mol. The van der Waals surface area contributed by atoms with Crippen molar-refractivity contribution < 1.29 is 4.74 Å². The lowest BCUT2D eigenvalue weighted by atomic mass is 10.2. The SMILES string of the molecule is CCCCC([SiH3])OC(C)C. The molecule has 62 valence electrons. The zero-order valence-corrected chi connectivity index (χ0v) is 9.68. The zero-order chi connectivity index (χ0) is 7.98. The van der Waals surface area contributed by atoms with Crippen LogP contribution in [0.2, 0.25) is 0 Å². The van der Waals surface area contributed by atoms with Crippen LogP contribution in [0.25, 0.3) is 0 Å². The fourth-order valence-corrected chi connectivity index (χ4v) is 1.98. The third kappa shape index (κ3) is 6.30. The molecule has 0 aliphatic carbocycles. The molecule has 0 aromatic heterocycles. The van der Waals surface area contributed by atoms with Crippen molar-refractivity contribution in [3.05, 3.63) is 0 Å². The highest BCUT2D eigenvalue weighted by molar-refractivity contribution is 6.10. The molecule has 0 saturated carbocycles. The number of ether oxygens (including phenoxy) is 1. The Morgan fingerprint density at radius 1 is 1.40 bits per heavy atom. The normalized spacial score (nSPS) is 14.4. The maximum absolute atomic E-state index is 5.61. The highest BCUT2D eigenvalue weighted by atomic mass is 28.1. The van der Waals surface area contributed by atoms with E-state index in [0.29, 0.717) is 11.8 Å². The summed E-state index contributed by atoms with van der Waals surface area (Å²) in [6.45, 7) is 6.44. The fourth-order valence-electron chi connectivity index (χ4n) is 1.02. The van der Waals surface area contributed by atoms with Crippen molar-refractivity contribution in [1.29, 1.82) is 0 Å². The average Bonchev–Trinajstić information content (AvgIpc) is 1.82. The molecule has 0 N–H and O–H groups in total. The lowest BCUT2D eigenvalue weighted by molar-refractivity contribution is 0.0491. The maximum Gasteiger partial charge on any atom is 0.0517 e. The van der Waals surface area contributed by atoms with Crippen LogP contribution in [-0.4, -0.2) is 22.1 Å². The monoisotopic (exact) mass is 160 g/mol. The molecule has 0 amide bonds. The van der Waals surface area contributed by atoms with Crippen molar-refractivity contribution in [1.82, 2.24) is 0 Å². The first-order valence-electron chi connectivity index (χ1n) is 4.32. The van der Waals surface area contributed by atoms with Gasteiger partial charge in [-0.1, -0.05) is 19.8 Å².